The summed E-state index contributed by atoms with van der Waals surface area (Å²) in [4.78, 5) is 0. The van der Waals surface area contributed by atoms with E-state index in [1.807, 2.05) is 0 Å². The Kier molecular flexibility index (Phi) is 11.0. The summed E-state index contributed by atoms with van der Waals surface area (Å²) in [5.74, 6) is 2.34. The van der Waals surface area contributed by atoms with E-state index in [2.05, 4.69) is 36.5 Å². The van der Waals surface area contributed by atoms with E-state index in [1.54, 1.807) is 11.1 Å². The number of aliphatic hydroxyl groups excluding tert-OH is 2. The molecule has 154 valence electrons. The van der Waals surface area contributed by atoms with E-state index in [1.165, 1.54) is 38.5 Å². The molecular weight excluding hydrogens is 470 g/mol. The zero-order valence-corrected chi connectivity index (χ0v) is 20.5. The molecule has 0 aromatic rings. The first-order chi connectivity index (χ1) is 12.3. The minimum Gasteiger partial charge on any atom is -1.00 e. The summed E-state index contributed by atoms with van der Waals surface area (Å²) in [5.41, 5.74) is 3.09. The molecular formula is C23H32Cl2O2Zr. The summed E-state index contributed by atoms with van der Waals surface area (Å²) < 4.78 is 0. The van der Waals surface area contributed by atoms with Crippen molar-refractivity contribution in [2.45, 2.75) is 51.4 Å². The predicted molar refractivity (Wildman–Crippen MR) is 102 cm³/mol. The fourth-order valence-electron chi connectivity index (χ4n) is 6.37. The van der Waals surface area contributed by atoms with Crippen molar-refractivity contribution in [3.05, 3.63) is 47.6 Å². The first kappa shape index (κ1) is 26.4. The zero-order valence-electron chi connectivity index (χ0n) is 16.5. The summed E-state index contributed by atoms with van der Waals surface area (Å²) in [5, 5.41) is 20.3. The fraction of sp³-hybridized carbons (Fsp3) is 0.652. The molecule has 2 fully saturated rings. The molecule has 0 aliphatic heterocycles. The van der Waals surface area contributed by atoms with E-state index in [-0.39, 0.29) is 69.6 Å². The molecule has 0 aromatic heterocycles. The number of halogens is 2. The second-order valence-electron chi connectivity index (χ2n) is 8.53. The van der Waals surface area contributed by atoms with Crippen LogP contribution < -0.4 is 24.8 Å². The van der Waals surface area contributed by atoms with Crippen LogP contribution in [0.3, 0.4) is 0 Å². The van der Waals surface area contributed by atoms with Crippen LogP contribution in [0.4, 0.5) is 0 Å². The number of hydrogen-bond donors (Lipinski definition) is 2. The summed E-state index contributed by atoms with van der Waals surface area (Å²) in [6.45, 7) is 0.482. The third kappa shape index (κ3) is 4.65. The number of rotatable bonds is 6. The third-order valence-corrected chi connectivity index (χ3v) is 7.53. The first-order valence-electron chi connectivity index (χ1n) is 10.2. The quantitative estimate of drug-likeness (QED) is 0.468. The molecule has 5 heteroatoms. The van der Waals surface area contributed by atoms with Gasteiger partial charge in [0.25, 0.3) is 0 Å². The van der Waals surface area contributed by atoms with Crippen molar-refractivity contribution in [3.8, 4) is 0 Å². The van der Waals surface area contributed by atoms with E-state index in [0.29, 0.717) is 23.7 Å². The van der Waals surface area contributed by atoms with Crippen molar-refractivity contribution in [3.63, 3.8) is 0 Å². The van der Waals surface area contributed by atoms with Gasteiger partial charge >= 0.3 is 26.2 Å². The second-order valence-corrected chi connectivity index (χ2v) is 8.53. The molecule has 28 heavy (non-hydrogen) atoms. The largest absolute Gasteiger partial charge is 2.00 e. The van der Waals surface area contributed by atoms with Crippen LogP contribution in [0.25, 0.3) is 0 Å². The van der Waals surface area contributed by atoms with Crippen molar-refractivity contribution in [2.75, 3.05) is 13.2 Å². The average Bonchev–Trinajstić information content (AvgIpc) is 3.28. The molecule has 4 aliphatic carbocycles. The van der Waals surface area contributed by atoms with E-state index in [4.69, 9.17) is 0 Å². The van der Waals surface area contributed by atoms with E-state index in [0.717, 1.165) is 12.8 Å². The van der Waals surface area contributed by atoms with Crippen molar-refractivity contribution in [1.82, 2.24) is 0 Å². The van der Waals surface area contributed by atoms with E-state index in [9.17, 15) is 10.2 Å². The van der Waals surface area contributed by atoms with Crippen LogP contribution in [0, 0.1) is 29.1 Å². The van der Waals surface area contributed by atoms with Gasteiger partial charge in [-0.15, -0.1) is 0 Å². The molecule has 4 atom stereocenters. The normalized spacial score (nSPS) is 31.9. The Morgan fingerprint density at radius 1 is 0.821 bits per heavy atom. The Morgan fingerprint density at radius 2 is 1.32 bits per heavy atom. The van der Waals surface area contributed by atoms with Crippen LogP contribution in [0.2, 0.25) is 0 Å². The van der Waals surface area contributed by atoms with Crippen molar-refractivity contribution >= 4 is 0 Å². The van der Waals surface area contributed by atoms with Gasteiger partial charge in [-0.05, 0) is 75.0 Å². The molecule has 0 bridgehead atoms. The molecule has 2 nitrogen and oxygen atoms in total. The summed E-state index contributed by atoms with van der Waals surface area (Å²) in [6, 6.07) is 0. The van der Waals surface area contributed by atoms with Crippen molar-refractivity contribution < 1.29 is 61.2 Å². The minimum absolute atomic E-state index is 0. The van der Waals surface area contributed by atoms with Gasteiger partial charge in [-0.2, -0.15) is 0 Å². The maximum absolute atomic E-state index is 10.7. The van der Waals surface area contributed by atoms with Crippen molar-refractivity contribution in [1.29, 1.82) is 0 Å². The number of hydrogen-bond acceptors (Lipinski definition) is 2. The monoisotopic (exact) mass is 500 g/mol. The van der Waals surface area contributed by atoms with Gasteiger partial charge in [0, 0.05) is 18.6 Å². The molecule has 0 amide bonds. The molecule has 4 unspecified atom stereocenters. The van der Waals surface area contributed by atoms with Crippen LogP contribution in [0.15, 0.2) is 47.6 Å². The van der Waals surface area contributed by atoms with Gasteiger partial charge < -0.3 is 35.0 Å². The van der Waals surface area contributed by atoms with Gasteiger partial charge in [0.05, 0.1) is 0 Å². The Labute approximate surface area is 201 Å². The van der Waals surface area contributed by atoms with Crippen LogP contribution >= 0.6 is 0 Å². The topological polar surface area (TPSA) is 40.5 Å². The fourth-order valence-corrected chi connectivity index (χ4v) is 6.37. The Morgan fingerprint density at radius 3 is 1.75 bits per heavy atom. The van der Waals surface area contributed by atoms with Crippen molar-refractivity contribution in [2.24, 2.45) is 29.1 Å². The van der Waals surface area contributed by atoms with Gasteiger partial charge in [-0.25, -0.2) is 0 Å². The second kappa shape index (κ2) is 11.7. The maximum atomic E-state index is 10.7. The van der Waals surface area contributed by atoms with Gasteiger partial charge in [0.1, 0.15) is 0 Å². The Hall–Kier alpha value is 0.343. The molecule has 0 spiro atoms. The maximum Gasteiger partial charge on any atom is 2.00 e. The van der Waals surface area contributed by atoms with Crippen LogP contribution in [-0.2, 0) is 26.2 Å². The molecule has 0 saturated heterocycles. The van der Waals surface area contributed by atoms with Gasteiger partial charge in [-0.1, -0.05) is 47.6 Å². The molecule has 2 N–H and O–H groups in total. The Balaban J connectivity index is 0.00000131. The zero-order chi connectivity index (χ0) is 17.3. The SMILES string of the molecule is OCCCC(CO)(C1CCC2CC=CC=C21)C1CCC2CC=CC=C21.[Cl-].[Cl-].[Zr+2]. The standard InChI is InChI=1S/C23H32O2.2ClH.Zr/c24-15-5-14-23(16-25,21-12-10-17-6-1-3-8-19(17)21)22-13-11-18-7-2-4-9-20(18)22;;;/h1-4,8-9,17-18,21-22,24-25H,5-7,10-16H2;2*1H;/q;;;+2/p-2. The van der Waals surface area contributed by atoms with Crippen LogP contribution in [0.5, 0.6) is 0 Å². The van der Waals surface area contributed by atoms with Gasteiger partial charge in [0.15, 0.2) is 0 Å². The molecule has 4 aliphatic rings. The smallest absolute Gasteiger partial charge is 1.00 e. The van der Waals surface area contributed by atoms with Gasteiger partial charge in [0.2, 0.25) is 0 Å². The number of fused-ring (bicyclic) bond motifs is 2. The van der Waals surface area contributed by atoms with Crippen LogP contribution in [0.1, 0.15) is 51.4 Å². The summed E-state index contributed by atoms with van der Waals surface area (Å²) in [7, 11) is 0. The van der Waals surface area contributed by atoms with Gasteiger partial charge in [-0.3, -0.25) is 0 Å². The molecule has 0 heterocycles. The van der Waals surface area contributed by atoms with E-state index >= 15 is 0 Å². The summed E-state index contributed by atoms with van der Waals surface area (Å²) in [6.07, 6.45) is 22.7. The number of allylic oxidation sites excluding steroid dienone is 8. The van der Waals surface area contributed by atoms with Crippen LogP contribution in [-0.4, -0.2) is 23.4 Å². The molecule has 4 rings (SSSR count). The summed E-state index contributed by atoms with van der Waals surface area (Å²) >= 11 is 0. The van der Waals surface area contributed by atoms with E-state index < -0.39 is 0 Å². The number of aliphatic hydroxyl groups is 2. The molecule has 0 aromatic carbocycles. The third-order valence-electron chi connectivity index (χ3n) is 7.53. The average molecular weight is 503 g/mol. The molecule has 0 radical (unpaired) electrons. The molecule has 2 saturated carbocycles. The minimum atomic E-state index is -0.0831. The Bertz CT molecular complexity index is 580. The predicted octanol–water partition coefficient (Wildman–Crippen LogP) is -1.43. The first-order valence-corrected chi connectivity index (χ1v) is 10.2.